The standard InChI is InChI=1S/C18H22/c1-3-8-18-12-11-16(14-17(18)4-2)13-15-9-6-5-7-10-15/h3-9,14-15H,2,10-13H2,1H3/b8-3-. The molecule has 0 saturated carbocycles. The Balaban J connectivity index is 2.08. The molecule has 0 aromatic rings. The molecule has 0 saturated heterocycles. The van der Waals surface area contributed by atoms with Crippen LogP contribution in [-0.2, 0) is 0 Å². The maximum Gasteiger partial charge on any atom is -0.0158 e. The highest BCUT2D eigenvalue weighted by molar-refractivity contribution is 5.45. The van der Waals surface area contributed by atoms with Gasteiger partial charge in [-0.1, -0.05) is 60.8 Å². The summed E-state index contributed by atoms with van der Waals surface area (Å²) in [4.78, 5) is 0. The molecule has 18 heavy (non-hydrogen) atoms. The summed E-state index contributed by atoms with van der Waals surface area (Å²) < 4.78 is 0. The van der Waals surface area contributed by atoms with Crippen LogP contribution < -0.4 is 0 Å². The van der Waals surface area contributed by atoms with Gasteiger partial charge in [0.1, 0.15) is 0 Å². The van der Waals surface area contributed by atoms with Gasteiger partial charge < -0.3 is 0 Å². The molecule has 0 heteroatoms. The highest BCUT2D eigenvalue weighted by Gasteiger charge is 2.13. The minimum absolute atomic E-state index is 0.690. The maximum absolute atomic E-state index is 3.94. The minimum Gasteiger partial charge on any atom is -0.0985 e. The fraction of sp³-hybridized carbons (Fsp3) is 0.333. The van der Waals surface area contributed by atoms with E-state index in [0.717, 1.165) is 6.42 Å². The van der Waals surface area contributed by atoms with Crippen LogP contribution in [0.15, 0.2) is 71.9 Å². The van der Waals surface area contributed by atoms with E-state index in [1.807, 2.05) is 6.08 Å². The van der Waals surface area contributed by atoms with Crippen LogP contribution in [0.5, 0.6) is 0 Å². The highest BCUT2D eigenvalue weighted by atomic mass is 14.2. The molecule has 1 unspecified atom stereocenters. The van der Waals surface area contributed by atoms with Crippen LogP contribution in [0.1, 0.15) is 32.6 Å². The molecule has 94 valence electrons. The fourth-order valence-corrected chi connectivity index (χ4v) is 2.68. The van der Waals surface area contributed by atoms with Crippen molar-refractivity contribution in [1.29, 1.82) is 0 Å². The molecule has 0 aliphatic heterocycles. The van der Waals surface area contributed by atoms with Crippen molar-refractivity contribution in [2.24, 2.45) is 5.92 Å². The number of rotatable bonds is 4. The third-order valence-electron chi connectivity index (χ3n) is 3.63. The lowest BCUT2D eigenvalue weighted by atomic mass is 9.85. The van der Waals surface area contributed by atoms with Crippen LogP contribution in [-0.4, -0.2) is 0 Å². The summed E-state index contributed by atoms with van der Waals surface area (Å²) in [6.07, 6.45) is 22.3. The van der Waals surface area contributed by atoms with Gasteiger partial charge in [-0.3, -0.25) is 0 Å². The first kappa shape index (κ1) is 12.9. The SMILES string of the molecule is C=CC1=C(/C=C\C)CCC(CC2C=CC=CC2)=C1. The van der Waals surface area contributed by atoms with Crippen molar-refractivity contribution in [3.8, 4) is 0 Å². The van der Waals surface area contributed by atoms with Gasteiger partial charge in [-0.05, 0) is 49.7 Å². The Kier molecular flexibility index (Phi) is 4.58. The van der Waals surface area contributed by atoms with E-state index in [0.29, 0.717) is 5.92 Å². The molecule has 2 aliphatic rings. The van der Waals surface area contributed by atoms with E-state index in [2.05, 4.69) is 56.0 Å². The van der Waals surface area contributed by atoms with E-state index < -0.39 is 0 Å². The van der Waals surface area contributed by atoms with Gasteiger partial charge in [-0.2, -0.15) is 0 Å². The molecule has 0 radical (unpaired) electrons. The molecule has 0 heterocycles. The van der Waals surface area contributed by atoms with E-state index >= 15 is 0 Å². The Morgan fingerprint density at radius 3 is 2.89 bits per heavy atom. The summed E-state index contributed by atoms with van der Waals surface area (Å²) in [6.45, 7) is 6.01. The van der Waals surface area contributed by atoms with Crippen molar-refractivity contribution in [1.82, 2.24) is 0 Å². The maximum atomic E-state index is 3.94. The molecule has 0 aromatic heterocycles. The Hall–Kier alpha value is -1.56. The molecule has 0 fully saturated rings. The van der Waals surface area contributed by atoms with Gasteiger partial charge in [-0.15, -0.1) is 0 Å². The molecule has 2 aliphatic carbocycles. The summed E-state index contributed by atoms with van der Waals surface area (Å²) in [7, 11) is 0. The second-order valence-electron chi connectivity index (χ2n) is 5.00. The monoisotopic (exact) mass is 238 g/mol. The van der Waals surface area contributed by atoms with Crippen molar-refractivity contribution in [3.05, 3.63) is 71.9 Å². The first-order chi connectivity index (χ1) is 8.83. The molecule has 2 rings (SSSR count). The van der Waals surface area contributed by atoms with Crippen molar-refractivity contribution in [2.75, 3.05) is 0 Å². The average Bonchev–Trinajstić information content (AvgIpc) is 2.42. The van der Waals surface area contributed by atoms with Crippen LogP contribution in [0.4, 0.5) is 0 Å². The molecule has 0 bridgehead atoms. The van der Waals surface area contributed by atoms with E-state index in [1.54, 1.807) is 5.57 Å². The van der Waals surface area contributed by atoms with Gasteiger partial charge in [-0.25, -0.2) is 0 Å². The van der Waals surface area contributed by atoms with Crippen molar-refractivity contribution in [3.63, 3.8) is 0 Å². The van der Waals surface area contributed by atoms with E-state index in [4.69, 9.17) is 0 Å². The van der Waals surface area contributed by atoms with Crippen molar-refractivity contribution >= 4 is 0 Å². The van der Waals surface area contributed by atoms with Gasteiger partial charge in [0.05, 0.1) is 0 Å². The molecular formula is C18H22. The Labute approximate surface area is 111 Å². The van der Waals surface area contributed by atoms with Crippen LogP contribution in [0, 0.1) is 5.92 Å². The van der Waals surface area contributed by atoms with Crippen LogP contribution in [0.2, 0.25) is 0 Å². The summed E-state index contributed by atoms with van der Waals surface area (Å²) in [5.74, 6) is 0.690. The predicted molar refractivity (Wildman–Crippen MR) is 80.4 cm³/mol. The predicted octanol–water partition coefficient (Wildman–Crippen LogP) is 5.29. The summed E-state index contributed by atoms with van der Waals surface area (Å²) in [5.41, 5.74) is 4.31. The van der Waals surface area contributed by atoms with Gasteiger partial charge in [0.15, 0.2) is 0 Å². The molecule has 0 nitrogen and oxygen atoms in total. The minimum atomic E-state index is 0.690. The topological polar surface area (TPSA) is 0 Å². The number of hydrogen-bond donors (Lipinski definition) is 0. The second kappa shape index (κ2) is 6.39. The van der Waals surface area contributed by atoms with Gasteiger partial charge in [0, 0.05) is 0 Å². The third-order valence-corrected chi connectivity index (χ3v) is 3.63. The molecule has 0 spiro atoms. The Morgan fingerprint density at radius 1 is 1.33 bits per heavy atom. The fourth-order valence-electron chi connectivity index (χ4n) is 2.68. The summed E-state index contributed by atoms with van der Waals surface area (Å²) in [6, 6.07) is 0. The van der Waals surface area contributed by atoms with Crippen LogP contribution in [0.25, 0.3) is 0 Å². The molecule has 0 aromatic carbocycles. The summed E-state index contributed by atoms with van der Waals surface area (Å²) in [5, 5.41) is 0. The largest absolute Gasteiger partial charge is 0.0985 e. The Morgan fingerprint density at radius 2 is 2.22 bits per heavy atom. The molecular weight excluding hydrogens is 216 g/mol. The molecule has 1 atom stereocenters. The van der Waals surface area contributed by atoms with Crippen molar-refractivity contribution < 1.29 is 0 Å². The van der Waals surface area contributed by atoms with Crippen LogP contribution >= 0.6 is 0 Å². The summed E-state index contributed by atoms with van der Waals surface area (Å²) >= 11 is 0. The van der Waals surface area contributed by atoms with E-state index in [9.17, 15) is 0 Å². The zero-order chi connectivity index (χ0) is 12.8. The quantitative estimate of drug-likeness (QED) is 0.624. The smallest absolute Gasteiger partial charge is 0.0158 e. The van der Waals surface area contributed by atoms with E-state index in [-0.39, 0.29) is 0 Å². The lowest BCUT2D eigenvalue weighted by molar-refractivity contribution is 0.627. The normalized spacial score (nSPS) is 23.6. The van der Waals surface area contributed by atoms with Crippen molar-refractivity contribution in [2.45, 2.75) is 32.6 Å². The van der Waals surface area contributed by atoms with Gasteiger partial charge >= 0.3 is 0 Å². The second-order valence-corrected chi connectivity index (χ2v) is 5.00. The first-order valence-electron chi connectivity index (χ1n) is 6.84. The lowest BCUT2D eigenvalue weighted by Crippen LogP contribution is -2.03. The average molecular weight is 238 g/mol. The Bertz CT molecular complexity index is 452. The first-order valence-corrected chi connectivity index (χ1v) is 6.84. The molecule has 0 N–H and O–H groups in total. The third kappa shape index (κ3) is 3.22. The zero-order valence-electron chi connectivity index (χ0n) is 11.2. The zero-order valence-corrected chi connectivity index (χ0v) is 11.2. The van der Waals surface area contributed by atoms with Gasteiger partial charge in [0.25, 0.3) is 0 Å². The lowest BCUT2D eigenvalue weighted by Gasteiger charge is -2.20. The highest BCUT2D eigenvalue weighted by Crippen LogP contribution is 2.31. The number of hydrogen-bond acceptors (Lipinski definition) is 0. The van der Waals surface area contributed by atoms with Crippen LogP contribution in [0.3, 0.4) is 0 Å². The van der Waals surface area contributed by atoms with E-state index in [1.165, 1.54) is 30.4 Å². The number of allylic oxidation sites excluding steroid dienone is 11. The molecule has 0 amide bonds. The van der Waals surface area contributed by atoms with Gasteiger partial charge in [0.2, 0.25) is 0 Å².